The van der Waals surface area contributed by atoms with E-state index in [-0.39, 0.29) is 11.3 Å². The van der Waals surface area contributed by atoms with Crippen molar-refractivity contribution in [1.82, 2.24) is 4.98 Å². The number of aromatic nitrogens is 1. The Bertz CT molecular complexity index is 505. The molecule has 1 aromatic carbocycles. The summed E-state index contributed by atoms with van der Waals surface area (Å²) in [5.74, 6) is 0.0826. The number of nitrogens with two attached hydrogens (primary N) is 1. The SMILES string of the molecule is Nc1ccc2cccc(C(F)(F)F)c2n1. The average Bonchev–Trinajstić information content (AvgIpc) is 2.15. The normalized spacial score (nSPS) is 11.9. The maximum atomic E-state index is 12.6. The fraction of sp³-hybridized carbons (Fsp3) is 0.100. The van der Waals surface area contributed by atoms with E-state index in [0.717, 1.165) is 6.07 Å². The number of anilines is 1. The second kappa shape index (κ2) is 3.12. The Morgan fingerprint density at radius 1 is 1.07 bits per heavy atom. The standard InChI is InChI=1S/C10H7F3N2/c11-10(12,13)7-3-1-2-6-4-5-8(14)15-9(6)7/h1-5H,(H2,14,15). The number of pyridine rings is 1. The summed E-state index contributed by atoms with van der Waals surface area (Å²) in [6, 6.07) is 6.91. The van der Waals surface area contributed by atoms with Gasteiger partial charge in [0.2, 0.25) is 0 Å². The van der Waals surface area contributed by atoms with Gasteiger partial charge in [-0.2, -0.15) is 13.2 Å². The van der Waals surface area contributed by atoms with Crippen molar-refractivity contribution < 1.29 is 13.2 Å². The van der Waals surface area contributed by atoms with Crippen LogP contribution in [-0.2, 0) is 6.18 Å². The maximum absolute atomic E-state index is 12.6. The van der Waals surface area contributed by atoms with Crippen LogP contribution >= 0.6 is 0 Å². The summed E-state index contributed by atoms with van der Waals surface area (Å²) in [6.07, 6.45) is -4.40. The first-order valence-corrected chi connectivity index (χ1v) is 4.21. The van der Waals surface area contributed by atoms with Crippen molar-refractivity contribution in [2.24, 2.45) is 0 Å². The van der Waals surface area contributed by atoms with Gasteiger partial charge in [-0.15, -0.1) is 0 Å². The quantitative estimate of drug-likeness (QED) is 0.729. The van der Waals surface area contributed by atoms with E-state index in [1.165, 1.54) is 18.2 Å². The topological polar surface area (TPSA) is 38.9 Å². The second-order valence-electron chi connectivity index (χ2n) is 3.11. The first-order valence-electron chi connectivity index (χ1n) is 4.21. The number of para-hydroxylation sites is 1. The third-order valence-corrected chi connectivity index (χ3v) is 2.05. The third kappa shape index (κ3) is 1.72. The molecule has 2 nitrogen and oxygen atoms in total. The van der Waals surface area contributed by atoms with Gasteiger partial charge >= 0.3 is 6.18 Å². The van der Waals surface area contributed by atoms with E-state index in [1.54, 1.807) is 6.07 Å². The van der Waals surface area contributed by atoms with E-state index in [2.05, 4.69) is 4.98 Å². The molecule has 0 unspecified atom stereocenters. The van der Waals surface area contributed by atoms with Crippen LogP contribution in [0.4, 0.5) is 19.0 Å². The Kier molecular flexibility index (Phi) is 2.03. The Morgan fingerprint density at radius 2 is 1.80 bits per heavy atom. The predicted octanol–water partition coefficient (Wildman–Crippen LogP) is 2.84. The summed E-state index contributed by atoms with van der Waals surface area (Å²) in [7, 11) is 0. The monoisotopic (exact) mass is 212 g/mol. The molecule has 0 saturated carbocycles. The van der Waals surface area contributed by atoms with Gasteiger partial charge in [0.1, 0.15) is 5.82 Å². The van der Waals surface area contributed by atoms with Crippen molar-refractivity contribution in [2.75, 3.05) is 5.73 Å². The molecule has 0 spiro atoms. The molecule has 0 aliphatic rings. The van der Waals surface area contributed by atoms with Crippen molar-refractivity contribution in [3.05, 3.63) is 35.9 Å². The first-order chi connectivity index (χ1) is 6.98. The summed E-state index contributed by atoms with van der Waals surface area (Å²) in [5, 5.41) is 0.430. The zero-order valence-corrected chi connectivity index (χ0v) is 7.55. The molecule has 0 amide bonds. The number of fused-ring (bicyclic) bond motifs is 1. The Labute approximate surface area is 83.5 Å². The van der Waals surface area contributed by atoms with Gasteiger partial charge in [0.05, 0.1) is 11.1 Å². The molecule has 0 aliphatic heterocycles. The fourth-order valence-electron chi connectivity index (χ4n) is 1.39. The summed E-state index contributed by atoms with van der Waals surface area (Å²) < 4.78 is 37.7. The lowest BCUT2D eigenvalue weighted by molar-refractivity contribution is -0.136. The van der Waals surface area contributed by atoms with Gasteiger partial charge in [-0.1, -0.05) is 12.1 Å². The van der Waals surface area contributed by atoms with Crippen LogP contribution in [0.2, 0.25) is 0 Å². The van der Waals surface area contributed by atoms with Crippen LogP contribution in [0.3, 0.4) is 0 Å². The molecule has 0 fully saturated rings. The molecular formula is C10H7F3N2. The number of benzene rings is 1. The molecule has 78 valence electrons. The maximum Gasteiger partial charge on any atom is 0.418 e. The molecule has 2 N–H and O–H groups in total. The van der Waals surface area contributed by atoms with E-state index < -0.39 is 11.7 Å². The minimum atomic E-state index is -4.40. The number of halogens is 3. The van der Waals surface area contributed by atoms with E-state index in [0.29, 0.717) is 5.39 Å². The molecule has 1 heterocycles. The van der Waals surface area contributed by atoms with Crippen molar-refractivity contribution in [1.29, 1.82) is 0 Å². The van der Waals surface area contributed by atoms with Gasteiger partial charge in [-0.25, -0.2) is 4.98 Å². The van der Waals surface area contributed by atoms with Gasteiger partial charge in [0.25, 0.3) is 0 Å². The lowest BCUT2D eigenvalue weighted by atomic mass is 10.1. The molecule has 5 heteroatoms. The van der Waals surface area contributed by atoms with Gasteiger partial charge in [0.15, 0.2) is 0 Å². The number of hydrogen-bond donors (Lipinski definition) is 1. The molecule has 2 aromatic rings. The lowest BCUT2D eigenvalue weighted by Crippen LogP contribution is -2.06. The number of nitrogen functional groups attached to an aromatic ring is 1. The van der Waals surface area contributed by atoms with E-state index >= 15 is 0 Å². The molecule has 2 rings (SSSR count). The summed E-state index contributed by atoms with van der Waals surface area (Å²) in [5.41, 5.74) is 4.49. The molecule has 0 aliphatic carbocycles. The van der Waals surface area contributed by atoms with Crippen LogP contribution in [0.25, 0.3) is 10.9 Å². The van der Waals surface area contributed by atoms with Crippen LogP contribution in [0.5, 0.6) is 0 Å². The summed E-state index contributed by atoms with van der Waals surface area (Å²) >= 11 is 0. The number of nitrogens with zero attached hydrogens (tertiary/aromatic N) is 1. The van der Waals surface area contributed by atoms with Gasteiger partial charge in [-0.05, 0) is 18.2 Å². The molecule has 0 saturated heterocycles. The Morgan fingerprint density at radius 3 is 2.47 bits per heavy atom. The van der Waals surface area contributed by atoms with E-state index in [4.69, 9.17) is 5.73 Å². The molecule has 1 aromatic heterocycles. The zero-order chi connectivity index (χ0) is 11.1. The summed E-state index contributed by atoms with van der Waals surface area (Å²) in [6.45, 7) is 0. The van der Waals surface area contributed by atoms with Crippen molar-refractivity contribution in [3.63, 3.8) is 0 Å². The van der Waals surface area contributed by atoms with Crippen molar-refractivity contribution in [2.45, 2.75) is 6.18 Å². The molecule has 0 atom stereocenters. The Balaban J connectivity index is 2.80. The number of rotatable bonds is 0. The second-order valence-corrected chi connectivity index (χ2v) is 3.11. The van der Waals surface area contributed by atoms with Crippen LogP contribution in [-0.4, -0.2) is 4.98 Å². The summed E-state index contributed by atoms with van der Waals surface area (Å²) in [4.78, 5) is 3.70. The lowest BCUT2D eigenvalue weighted by Gasteiger charge is -2.09. The van der Waals surface area contributed by atoms with Crippen molar-refractivity contribution in [3.8, 4) is 0 Å². The smallest absolute Gasteiger partial charge is 0.384 e. The molecule has 15 heavy (non-hydrogen) atoms. The van der Waals surface area contributed by atoms with Crippen LogP contribution in [0.15, 0.2) is 30.3 Å². The first kappa shape index (κ1) is 9.76. The zero-order valence-electron chi connectivity index (χ0n) is 7.55. The third-order valence-electron chi connectivity index (χ3n) is 2.05. The minimum absolute atomic E-state index is 0.0826. The molecule has 0 bridgehead atoms. The van der Waals surface area contributed by atoms with Crippen molar-refractivity contribution >= 4 is 16.7 Å². The highest BCUT2D eigenvalue weighted by Gasteiger charge is 2.32. The number of hydrogen-bond acceptors (Lipinski definition) is 2. The van der Waals surface area contributed by atoms with Gasteiger partial charge in [-0.3, -0.25) is 0 Å². The average molecular weight is 212 g/mol. The van der Waals surface area contributed by atoms with E-state index in [9.17, 15) is 13.2 Å². The van der Waals surface area contributed by atoms with Gasteiger partial charge in [0, 0.05) is 5.39 Å². The molecular weight excluding hydrogens is 205 g/mol. The van der Waals surface area contributed by atoms with Crippen LogP contribution < -0.4 is 5.73 Å². The van der Waals surface area contributed by atoms with Crippen LogP contribution in [0.1, 0.15) is 5.56 Å². The minimum Gasteiger partial charge on any atom is -0.384 e. The predicted molar refractivity (Wildman–Crippen MR) is 51.2 cm³/mol. The Hall–Kier alpha value is -1.78. The highest BCUT2D eigenvalue weighted by Crippen LogP contribution is 2.33. The fourth-order valence-corrected chi connectivity index (χ4v) is 1.39. The van der Waals surface area contributed by atoms with Gasteiger partial charge < -0.3 is 5.73 Å². The highest BCUT2D eigenvalue weighted by atomic mass is 19.4. The van der Waals surface area contributed by atoms with E-state index in [1.807, 2.05) is 0 Å². The largest absolute Gasteiger partial charge is 0.418 e. The highest BCUT2D eigenvalue weighted by molar-refractivity contribution is 5.83. The number of alkyl halides is 3. The van der Waals surface area contributed by atoms with Crippen LogP contribution in [0, 0.1) is 0 Å². The molecule has 0 radical (unpaired) electrons.